The number of hydrogen-bond acceptors (Lipinski definition) is 6. The van der Waals surface area contributed by atoms with Crippen LogP contribution in [0.5, 0.6) is 0 Å². The summed E-state index contributed by atoms with van der Waals surface area (Å²) >= 11 is 0. The number of carboxylic acids is 1. The number of ether oxygens (including phenoxy) is 2. The van der Waals surface area contributed by atoms with E-state index in [2.05, 4.69) is 0 Å². The standard InChI is InChI=1S/C13H23NO7/c1-12(2,3)21-11(19)14-6-4-5-13(14,10(17)18)20-8-9(16)7-15/h9,15-16H,4-8H2,1-3H3,(H,17,18). The molecular formula is C13H23NO7. The van der Waals surface area contributed by atoms with Crippen LogP contribution in [0.25, 0.3) is 0 Å². The summed E-state index contributed by atoms with van der Waals surface area (Å²) < 4.78 is 10.5. The van der Waals surface area contributed by atoms with E-state index >= 15 is 0 Å². The fourth-order valence-corrected chi connectivity index (χ4v) is 2.07. The van der Waals surface area contributed by atoms with E-state index in [1.165, 1.54) is 0 Å². The summed E-state index contributed by atoms with van der Waals surface area (Å²) in [5.41, 5.74) is -2.62. The highest BCUT2D eigenvalue weighted by Crippen LogP contribution is 2.32. The highest BCUT2D eigenvalue weighted by Gasteiger charge is 2.53. The van der Waals surface area contributed by atoms with E-state index in [-0.39, 0.29) is 19.6 Å². The summed E-state index contributed by atoms with van der Waals surface area (Å²) in [5, 5.41) is 27.5. The quantitative estimate of drug-likeness (QED) is 0.662. The van der Waals surface area contributed by atoms with Crippen LogP contribution in [-0.4, -0.2) is 69.5 Å². The third kappa shape index (κ3) is 4.29. The van der Waals surface area contributed by atoms with Gasteiger partial charge in [0.05, 0.1) is 13.2 Å². The SMILES string of the molecule is CC(C)(C)OC(=O)N1CCCC1(OCC(O)CO)C(=O)O. The van der Waals surface area contributed by atoms with Crippen molar-refractivity contribution in [1.29, 1.82) is 0 Å². The zero-order chi connectivity index (χ0) is 16.3. The molecule has 1 heterocycles. The predicted molar refractivity (Wildman–Crippen MR) is 71.6 cm³/mol. The second-order valence-corrected chi connectivity index (χ2v) is 5.97. The lowest BCUT2D eigenvalue weighted by molar-refractivity contribution is -0.193. The van der Waals surface area contributed by atoms with Gasteiger partial charge in [0.15, 0.2) is 0 Å². The van der Waals surface area contributed by atoms with Crippen molar-refractivity contribution in [2.24, 2.45) is 0 Å². The summed E-state index contributed by atoms with van der Waals surface area (Å²) in [6, 6.07) is 0. The number of carboxylic acid groups (broad SMARTS) is 1. The molecule has 2 atom stereocenters. The molecule has 21 heavy (non-hydrogen) atoms. The van der Waals surface area contributed by atoms with Gasteiger partial charge in [0.25, 0.3) is 0 Å². The first-order valence-electron chi connectivity index (χ1n) is 6.79. The van der Waals surface area contributed by atoms with Crippen molar-refractivity contribution in [1.82, 2.24) is 4.90 Å². The fourth-order valence-electron chi connectivity index (χ4n) is 2.07. The van der Waals surface area contributed by atoms with Gasteiger partial charge >= 0.3 is 12.1 Å². The fraction of sp³-hybridized carbons (Fsp3) is 0.846. The van der Waals surface area contributed by atoms with E-state index in [0.717, 1.165) is 4.90 Å². The lowest BCUT2D eigenvalue weighted by atomic mass is 10.1. The number of nitrogens with zero attached hydrogens (tertiary/aromatic N) is 1. The molecule has 1 amide bonds. The maximum absolute atomic E-state index is 12.1. The van der Waals surface area contributed by atoms with Gasteiger partial charge in [-0.1, -0.05) is 0 Å². The molecule has 1 fully saturated rings. The molecule has 0 aromatic carbocycles. The van der Waals surface area contributed by atoms with Crippen molar-refractivity contribution in [2.75, 3.05) is 19.8 Å². The summed E-state index contributed by atoms with van der Waals surface area (Å²) in [6.45, 7) is 4.29. The summed E-state index contributed by atoms with van der Waals surface area (Å²) in [7, 11) is 0. The Morgan fingerprint density at radius 2 is 2.00 bits per heavy atom. The molecule has 0 aliphatic carbocycles. The molecule has 8 heteroatoms. The van der Waals surface area contributed by atoms with E-state index in [1.807, 2.05) is 0 Å². The van der Waals surface area contributed by atoms with Gasteiger partial charge in [-0.2, -0.15) is 0 Å². The highest BCUT2D eigenvalue weighted by molar-refractivity contribution is 5.83. The van der Waals surface area contributed by atoms with Gasteiger partial charge in [0, 0.05) is 13.0 Å². The molecule has 1 saturated heterocycles. The predicted octanol–water partition coefficient (Wildman–Crippen LogP) is 0.168. The number of aliphatic carboxylic acids is 1. The molecule has 1 rings (SSSR count). The molecule has 1 aliphatic heterocycles. The minimum atomic E-state index is -1.86. The van der Waals surface area contributed by atoms with Gasteiger partial charge in [0.1, 0.15) is 11.7 Å². The van der Waals surface area contributed by atoms with Crippen LogP contribution in [0.15, 0.2) is 0 Å². The zero-order valence-electron chi connectivity index (χ0n) is 12.5. The van der Waals surface area contributed by atoms with Crippen LogP contribution in [0, 0.1) is 0 Å². The summed E-state index contributed by atoms with van der Waals surface area (Å²) in [4.78, 5) is 24.7. The molecule has 8 nitrogen and oxygen atoms in total. The van der Waals surface area contributed by atoms with Crippen molar-refractivity contribution in [3.63, 3.8) is 0 Å². The average Bonchev–Trinajstić information content (AvgIpc) is 2.79. The first kappa shape index (κ1) is 17.7. The van der Waals surface area contributed by atoms with Gasteiger partial charge in [-0.15, -0.1) is 0 Å². The number of carbonyl (C=O) groups is 2. The first-order chi connectivity index (χ1) is 9.62. The van der Waals surface area contributed by atoms with Gasteiger partial charge in [0.2, 0.25) is 5.72 Å². The van der Waals surface area contributed by atoms with Crippen molar-refractivity contribution >= 4 is 12.1 Å². The normalized spacial score (nSPS) is 24.0. The van der Waals surface area contributed by atoms with Crippen molar-refractivity contribution in [3.05, 3.63) is 0 Å². The lowest BCUT2D eigenvalue weighted by Crippen LogP contribution is -2.56. The maximum atomic E-state index is 12.1. The van der Waals surface area contributed by atoms with Crippen LogP contribution in [0.4, 0.5) is 4.79 Å². The van der Waals surface area contributed by atoms with E-state index in [1.54, 1.807) is 20.8 Å². The summed E-state index contributed by atoms with van der Waals surface area (Å²) in [5.74, 6) is -1.32. The Bertz CT molecular complexity index is 392. The Morgan fingerprint density at radius 3 is 2.48 bits per heavy atom. The Balaban J connectivity index is 2.90. The second kappa shape index (κ2) is 6.59. The molecule has 122 valence electrons. The monoisotopic (exact) mass is 305 g/mol. The van der Waals surface area contributed by atoms with E-state index in [4.69, 9.17) is 14.6 Å². The van der Waals surface area contributed by atoms with Gasteiger partial charge in [-0.25, -0.2) is 9.59 Å². The molecule has 0 aromatic rings. The van der Waals surface area contributed by atoms with Crippen molar-refractivity contribution in [2.45, 2.75) is 51.0 Å². The van der Waals surface area contributed by atoms with Crippen LogP contribution in [0.1, 0.15) is 33.6 Å². The molecule has 2 unspecified atom stereocenters. The van der Waals surface area contributed by atoms with Crippen LogP contribution >= 0.6 is 0 Å². The number of hydrogen-bond donors (Lipinski definition) is 3. The molecule has 0 spiro atoms. The molecule has 0 radical (unpaired) electrons. The molecule has 3 N–H and O–H groups in total. The zero-order valence-corrected chi connectivity index (χ0v) is 12.5. The topological polar surface area (TPSA) is 117 Å². The first-order valence-corrected chi connectivity index (χ1v) is 6.79. The smallest absolute Gasteiger partial charge is 0.413 e. The maximum Gasteiger partial charge on any atom is 0.413 e. The molecular weight excluding hydrogens is 282 g/mol. The van der Waals surface area contributed by atoms with Crippen molar-refractivity contribution < 1.29 is 34.4 Å². The largest absolute Gasteiger partial charge is 0.478 e. The van der Waals surface area contributed by atoms with E-state index in [9.17, 15) is 19.8 Å². The number of likely N-dealkylation sites (tertiary alicyclic amines) is 1. The van der Waals surface area contributed by atoms with Crippen molar-refractivity contribution in [3.8, 4) is 0 Å². The van der Waals surface area contributed by atoms with E-state index < -0.39 is 36.1 Å². The van der Waals surface area contributed by atoms with Crippen LogP contribution in [0.3, 0.4) is 0 Å². The number of aliphatic hydroxyl groups is 2. The third-order valence-corrected chi connectivity index (χ3v) is 3.01. The van der Waals surface area contributed by atoms with Crippen LogP contribution < -0.4 is 0 Å². The molecule has 0 bridgehead atoms. The number of amides is 1. The number of carbonyl (C=O) groups excluding carboxylic acids is 1. The molecule has 1 aliphatic rings. The van der Waals surface area contributed by atoms with Gasteiger partial charge in [-0.3, -0.25) is 4.90 Å². The number of rotatable bonds is 5. The Morgan fingerprint density at radius 1 is 1.38 bits per heavy atom. The number of aliphatic hydroxyl groups excluding tert-OH is 2. The molecule has 0 aromatic heterocycles. The Hall–Kier alpha value is -1.38. The van der Waals surface area contributed by atoms with E-state index in [0.29, 0.717) is 6.42 Å². The Kier molecular flexibility index (Phi) is 5.54. The van der Waals surface area contributed by atoms with Crippen LogP contribution in [0.2, 0.25) is 0 Å². The van der Waals surface area contributed by atoms with Gasteiger partial charge in [-0.05, 0) is 27.2 Å². The summed E-state index contributed by atoms with van der Waals surface area (Å²) in [6.07, 6.45) is -1.44. The Labute approximate surface area is 123 Å². The highest BCUT2D eigenvalue weighted by atomic mass is 16.6. The van der Waals surface area contributed by atoms with Gasteiger partial charge < -0.3 is 24.8 Å². The minimum absolute atomic E-state index is 0.0969. The third-order valence-electron chi connectivity index (χ3n) is 3.01. The minimum Gasteiger partial charge on any atom is -0.478 e. The lowest BCUT2D eigenvalue weighted by Gasteiger charge is -2.35. The molecule has 0 saturated carbocycles. The van der Waals surface area contributed by atoms with Crippen LogP contribution in [-0.2, 0) is 14.3 Å². The average molecular weight is 305 g/mol. The second-order valence-electron chi connectivity index (χ2n) is 5.97.